The van der Waals surface area contributed by atoms with E-state index in [0.29, 0.717) is 5.56 Å². The molecule has 3 aromatic rings. The van der Waals surface area contributed by atoms with Gasteiger partial charge in [0.15, 0.2) is 0 Å². The third kappa shape index (κ3) is 3.53. The smallest absolute Gasteiger partial charge is 0.166 e. The number of benzene rings is 3. The Morgan fingerprint density at radius 3 is 2.12 bits per heavy atom. The van der Waals surface area contributed by atoms with E-state index in [4.69, 9.17) is 23.2 Å². The van der Waals surface area contributed by atoms with E-state index in [1.54, 1.807) is 30.3 Å². The first kappa shape index (κ1) is 17.8. The molecule has 0 fully saturated rings. The molecule has 5 heteroatoms. The molecule has 0 nitrogen and oxygen atoms in total. The van der Waals surface area contributed by atoms with Crippen LogP contribution in [-0.2, 0) is 6.18 Å². The van der Waals surface area contributed by atoms with Crippen LogP contribution in [-0.4, -0.2) is 0 Å². The van der Waals surface area contributed by atoms with E-state index < -0.39 is 11.7 Å². The second-order valence-corrected chi connectivity index (χ2v) is 6.46. The van der Waals surface area contributed by atoms with Gasteiger partial charge in [0.05, 0.1) is 15.6 Å². The average molecular weight is 381 g/mol. The maximum Gasteiger partial charge on any atom is 0.417 e. The summed E-state index contributed by atoms with van der Waals surface area (Å²) in [5.41, 5.74) is 1.71. The van der Waals surface area contributed by atoms with Crippen LogP contribution in [0, 0.1) is 6.92 Å². The fourth-order valence-corrected chi connectivity index (χ4v) is 3.19. The fraction of sp³-hybridized carbons (Fsp3) is 0.100. The lowest BCUT2D eigenvalue weighted by Crippen LogP contribution is -2.08. The van der Waals surface area contributed by atoms with E-state index in [1.807, 2.05) is 19.1 Å². The third-order valence-corrected chi connectivity index (χ3v) is 4.84. The predicted octanol–water partition coefficient (Wildman–Crippen LogP) is 7.65. The molecular formula is C20H13Cl2F3. The van der Waals surface area contributed by atoms with Gasteiger partial charge in [0.1, 0.15) is 0 Å². The summed E-state index contributed by atoms with van der Waals surface area (Å²) < 4.78 is 41.1. The number of rotatable bonds is 2. The molecule has 3 rings (SSSR count). The minimum absolute atomic E-state index is 0.0114. The molecule has 0 bridgehead atoms. The SMILES string of the molecule is Cc1ccccc1-c1ccc(-c2cccc(Cl)c2Cl)c(C(F)(F)F)c1. The van der Waals surface area contributed by atoms with Gasteiger partial charge in [0.25, 0.3) is 0 Å². The zero-order valence-corrected chi connectivity index (χ0v) is 14.7. The highest BCUT2D eigenvalue weighted by Crippen LogP contribution is 2.43. The Balaban J connectivity index is 2.25. The highest BCUT2D eigenvalue weighted by atomic mass is 35.5. The molecule has 25 heavy (non-hydrogen) atoms. The maximum atomic E-state index is 13.7. The molecular weight excluding hydrogens is 368 g/mol. The summed E-state index contributed by atoms with van der Waals surface area (Å²) in [5, 5.41) is 0.327. The second kappa shape index (κ2) is 6.74. The summed E-state index contributed by atoms with van der Waals surface area (Å²) >= 11 is 12.1. The Bertz CT molecular complexity index is 930. The lowest BCUT2D eigenvalue weighted by atomic mass is 9.93. The third-order valence-electron chi connectivity index (χ3n) is 4.02. The van der Waals surface area contributed by atoms with E-state index in [2.05, 4.69) is 0 Å². The lowest BCUT2D eigenvalue weighted by molar-refractivity contribution is -0.137. The monoisotopic (exact) mass is 380 g/mol. The minimum atomic E-state index is -4.51. The van der Waals surface area contributed by atoms with Gasteiger partial charge >= 0.3 is 6.18 Å². The zero-order chi connectivity index (χ0) is 18.2. The van der Waals surface area contributed by atoms with Gasteiger partial charge in [-0.15, -0.1) is 0 Å². The van der Waals surface area contributed by atoms with E-state index in [1.165, 1.54) is 12.1 Å². The lowest BCUT2D eigenvalue weighted by Gasteiger charge is -2.17. The molecule has 0 heterocycles. The Hall–Kier alpha value is -1.97. The van der Waals surface area contributed by atoms with Crippen molar-refractivity contribution in [1.82, 2.24) is 0 Å². The van der Waals surface area contributed by atoms with Crippen molar-refractivity contribution in [3.63, 3.8) is 0 Å². The summed E-state index contributed by atoms with van der Waals surface area (Å²) in [6.07, 6.45) is -4.51. The summed E-state index contributed by atoms with van der Waals surface area (Å²) in [6, 6.07) is 16.3. The molecule has 128 valence electrons. The van der Waals surface area contributed by atoms with Gasteiger partial charge in [0.2, 0.25) is 0 Å². The van der Waals surface area contributed by atoms with Gasteiger partial charge in [-0.2, -0.15) is 13.2 Å². The van der Waals surface area contributed by atoms with Crippen LogP contribution in [0.1, 0.15) is 11.1 Å². The number of hydrogen-bond acceptors (Lipinski definition) is 0. The van der Waals surface area contributed by atoms with Crippen LogP contribution < -0.4 is 0 Å². The second-order valence-electron chi connectivity index (χ2n) is 5.67. The van der Waals surface area contributed by atoms with Crippen LogP contribution in [0.3, 0.4) is 0 Å². The van der Waals surface area contributed by atoms with Gasteiger partial charge in [-0.1, -0.05) is 71.7 Å². The molecule has 0 radical (unpaired) electrons. The first-order valence-corrected chi connectivity index (χ1v) is 8.26. The minimum Gasteiger partial charge on any atom is -0.166 e. The highest BCUT2D eigenvalue weighted by molar-refractivity contribution is 6.43. The number of aryl methyl sites for hydroxylation is 1. The standard InChI is InChI=1S/C20H13Cl2F3/c1-12-5-2-3-6-14(12)13-9-10-15(17(11-13)20(23,24)25)16-7-4-8-18(21)19(16)22/h2-11H,1H3. The maximum absolute atomic E-state index is 13.7. The fourth-order valence-electron chi connectivity index (χ4n) is 2.79. The van der Waals surface area contributed by atoms with Crippen LogP contribution in [0.4, 0.5) is 13.2 Å². The Labute approximate surface area is 153 Å². The number of alkyl halides is 3. The summed E-state index contributed by atoms with van der Waals surface area (Å²) in [6.45, 7) is 1.87. The summed E-state index contributed by atoms with van der Waals surface area (Å²) in [7, 11) is 0. The molecule has 0 N–H and O–H groups in total. The van der Waals surface area contributed by atoms with E-state index in [0.717, 1.165) is 17.2 Å². The molecule has 0 amide bonds. The van der Waals surface area contributed by atoms with E-state index in [9.17, 15) is 13.2 Å². The van der Waals surface area contributed by atoms with Crippen LogP contribution in [0.5, 0.6) is 0 Å². The number of halogens is 5. The average Bonchev–Trinajstić information content (AvgIpc) is 2.57. The van der Waals surface area contributed by atoms with Gasteiger partial charge < -0.3 is 0 Å². The van der Waals surface area contributed by atoms with Crippen molar-refractivity contribution in [2.45, 2.75) is 13.1 Å². The van der Waals surface area contributed by atoms with Crippen molar-refractivity contribution in [2.24, 2.45) is 0 Å². The largest absolute Gasteiger partial charge is 0.417 e. The van der Waals surface area contributed by atoms with Crippen molar-refractivity contribution in [2.75, 3.05) is 0 Å². The van der Waals surface area contributed by atoms with Crippen molar-refractivity contribution in [3.8, 4) is 22.3 Å². The quantitative estimate of drug-likeness (QED) is 0.428. The first-order chi connectivity index (χ1) is 11.8. The van der Waals surface area contributed by atoms with Crippen LogP contribution in [0.15, 0.2) is 60.7 Å². The first-order valence-electron chi connectivity index (χ1n) is 7.50. The predicted molar refractivity (Wildman–Crippen MR) is 97.1 cm³/mol. The molecule has 0 saturated heterocycles. The van der Waals surface area contributed by atoms with Gasteiger partial charge in [-0.05, 0) is 41.3 Å². The Kier molecular flexibility index (Phi) is 4.81. The molecule has 0 saturated carbocycles. The van der Waals surface area contributed by atoms with E-state index in [-0.39, 0.29) is 21.2 Å². The van der Waals surface area contributed by atoms with Crippen molar-refractivity contribution in [3.05, 3.63) is 81.8 Å². The summed E-state index contributed by atoms with van der Waals surface area (Å²) in [4.78, 5) is 0. The van der Waals surface area contributed by atoms with Gasteiger partial charge in [-0.3, -0.25) is 0 Å². The topological polar surface area (TPSA) is 0 Å². The molecule has 0 aliphatic rings. The van der Waals surface area contributed by atoms with Gasteiger partial charge in [-0.25, -0.2) is 0 Å². The molecule has 0 atom stereocenters. The number of hydrogen-bond donors (Lipinski definition) is 0. The van der Waals surface area contributed by atoms with Crippen molar-refractivity contribution in [1.29, 1.82) is 0 Å². The Morgan fingerprint density at radius 1 is 0.760 bits per heavy atom. The van der Waals surface area contributed by atoms with Crippen LogP contribution in [0.25, 0.3) is 22.3 Å². The molecule has 0 unspecified atom stereocenters. The van der Waals surface area contributed by atoms with Crippen molar-refractivity contribution >= 4 is 23.2 Å². The van der Waals surface area contributed by atoms with Crippen molar-refractivity contribution < 1.29 is 13.2 Å². The van der Waals surface area contributed by atoms with Crippen LogP contribution in [0.2, 0.25) is 10.0 Å². The van der Waals surface area contributed by atoms with Gasteiger partial charge in [0, 0.05) is 5.56 Å². The molecule has 0 aliphatic heterocycles. The van der Waals surface area contributed by atoms with Crippen LogP contribution >= 0.6 is 23.2 Å². The highest BCUT2D eigenvalue weighted by Gasteiger charge is 2.34. The molecule has 3 aromatic carbocycles. The molecule has 0 spiro atoms. The van der Waals surface area contributed by atoms with E-state index >= 15 is 0 Å². The zero-order valence-electron chi connectivity index (χ0n) is 13.2. The molecule has 0 aliphatic carbocycles. The molecule has 0 aromatic heterocycles. The summed E-state index contributed by atoms with van der Waals surface area (Å²) in [5.74, 6) is 0. The normalized spacial score (nSPS) is 11.6. The Morgan fingerprint density at radius 2 is 1.44 bits per heavy atom.